The van der Waals surface area contributed by atoms with E-state index in [-0.39, 0.29) is 17.9 Å². The maximum absolute atomic E-state index is 12.9. The number of aromatic nitrogens is 1. The van der Waals surface area contributed by atoms with Gasteiger partial charge < -0.3 is 24.1 Å². The highest BCUT2D eigenvalue weighted by molar-refractivity contribution is 5.79. The molecule has 2 aromatic carbocycles. The van der Waals surface area contributed by atoms with Crippen LogP contribution in [0.5, 0.6) is 11.5 Å². The van der Waals surface area contributed by atoms with Crippen LogP contribution in [0.3, 0.4) is 0 Å². The van der Waals surface area contributed by atoms with Gasteiger partial charge in [0, 0.05) is 19.0 Å². The van der Waals surface area contributed by atoms with E-state index < -0.39 is 0 Å². The maximum Gasteiger partial charge on any atom is 0.298 e. The average molecular weight is 424 g/mol. The number of methoxy groups -OCH3 is 1. The quantitative estimate of drug-likeness (QED) is 0.610. The summed E-state index contributed by atoms with van der Waals surface area (Å²) in [7, 11) is 1.62. The van der Waals surface area contributed by atoms with Crippen molar-refractivity contribution in [1.82, 2.24) is 10.3 Å². The van der Waals surface area contributed by atoms with Gasteiger partial charge in [-0.05, 0) is 56.5 Å². The third kappa shape index (κ3) is 4.60. The Balaban J connectivity index is 1.34. The van der Waals surface area contributed by atoms with Crippen LogP contribution in [0.4, 0.5) is 6.01 Å². The molecule has 0 radical (unpaired) electrons. The summed E-state index contributed by atoms with van der Waals surface area (Å²) in [6.45, 7) is 5.99. The molecule has 31 heavy (non-hydrogen) atoms. The van der Waals surface area contributed by atoms with E-state index in [9.17, 15) is 4.79 Å². The second kappa shape index (κ2) is 9.29. The number of benzene rings is 2. The number of oxazole rings is 1. The predicted octanol–water partition coefficient (Wildman–Crippen LogP) is 4.33. The molecule has 164 valence electrons. The molecule has 1 fully saturated rings. The number of rotatable bonds is 7. The molecule has 1 unspecified atom stereocenters. The van der Waals surface area contributed by atoms with E-state index in [0.717, 1.165) is 42.6 Å². The van der Waals surface area contributed by atoms with Crippen molar-refractivity contribution in [3.63, 3.8) is 0 Å². The minimum absolute atomic E-state index is 0.0207. The molecule has 1 N–H and O–H groups in total. The van der Waals surface area contributed by atoms with Crippen molar-refractivity contribution in [3.05, 3.63) is 48.0 Å². The number of hydrogen-bond donors (Lipinski definition) is 1. The number of ether oxygens (including phenoxy) is 2. The number of nitrogens with one attached hydrogen (secondary N) is 1. The molecule has 0 saturated carbocycles. The van der Waals surface area contributed by atoms with Crippen molar-refractivity contribution < 1.29 is 18.7 Å². The molecular formula is C24H29N3O4. The van der Waals surface area contributed by atoms with Crippen molar-refractivity contribution >= 4 is 23.0 Å². The maximum atomic E-state index is 12.9. The fourth-order valence-corrected chi connectivity index (χ4v) is 3.97. The summed E-state index contributed by atoms with van der Waals surface area (Å²) < 4.78 is 16.9. The first-order chi connectivity index (χ1) is 15.1. The molecule has 1 aliphatic rings. The number of hydrogen-bond acceptors (Lipinski definition) is 6. The van der Waals surface area contributed by atoms with E-state index in [0.29, 0.717) is 24.1 Å². The van der Waals surface area contributed by atoms with Crippen LogP contribution in [-0.4, -0.2) is 37.7 Å². The van der Waals surface area contributed by atoms with E-state index in [1.54, 1.807) is 7.11 Å². The van der Waals surface area contributed by atoms with Crippen LogP contribution >= 0.6 is 0 Å². The first-order valence-electron chi connectivity index (χ1n) is 10.8. The van der Waals surface area contributed by atoms with Gasteiger partial charge in [0.05, 0.1) is 19.8 Å². The third-order valence-corrected chi connectivity index (χ3v) is 5.77. The topological polar surface area (TPSA) is 76.8 Å². The van der Waals surface area contributed by atoms with Gasteiger partial charge in [-0.2, -0.15) is 4.98 Å². The Morgan fingerprint density at radius 3 is 2.71 bits per heavy atom. The van der Waals surface area contributed by atoms with Gasteiger partial charge in [-0.3, -0.25) is 4.79 Å². The van der Waals surface area contributed by atoms with Crippen LogP contribution in [0.2, 0.25) is 0 Å². The molecule has 0 bridgehead atoms. The van der Waals surface area contributed by atoms with Crippen LogP contribution in [0.25, 0.3) is 11.1 Å². The van der Waals surface area contributed by atoms with Crippen molar-refractivity contribution in [3.8, 4) is 11.5 Å². The standard InChI is InChI=1S/C24H29N3O4/c1-4-30-21-10-9-18(15-22(21)29-3)16(2)25-23(28)17-11-13-27(14-12-17)24-26-19-7-5-6-8-20(19)31-24/h5-10,15-17H,4,11-14H2,1-3H3,(H,25,28). The number of para-hydroxylation sites is 2. The fourth-order valence-electron chi connectivity index (χ4n) is 3.97. The van der Waals surface area contributed by atoms with E-state index >= 15 is 0 Å². The lowest BCUT2D eigenvalue weighted by atomic mass is 9.95. The van der Waals surface area contributed by atoms with Crippen molar-refractivity contribution in [2.24, 2.45) is 5.92 Å². The van der Waals surface area contributed by atoms with E-state index in [1.807, 2.05) is 56.3 Å². The Bertz CT molecular complexity index is 1010. The second-order valence-corrected chi connectivity index (χ2v) is 7.80. The molecular weight excluding hydrogens is 394 g/mol. The van der Waals surface area contributed by atoms with E-state index in [4.69, 9.17) is 13.9 Å². The zero-order valence-corrected chi connectivity index (χ0v) is 18.3. The Morgan fingerprint density at radius 2 is 2.00 bits per heavy atom. The molecule has 7 nitrogen and oxygen atoms in total. The van der Waals surface area contributed by atoms with Gasteiger partial charge in [-0.25, -0.2) is 0 Å². The number of fused-ring (bicyclic) bond motifs is 1. The monoisotopic (exact) mass is 423 g/mol. The lowest BCUT2D eigenvalue weighted by Gasteiger charge is -2.30. The lowest BCUT2D eigenvalue weighted by molar-refractivity contribution is -0.126. The normalized spacial score (nSPS) is 15.6. The fraction of sp³-hybridized carbons (Fsp3) is 0.417. The summed E-state index contributed by atoms with van der Waals surface area (Å²) in [5.74, 6) is 1.44. The van der Waals surface area contributed by atoms with Gasteiger partial charge >= 0.3 is 0 Å². The Kier molecular flexibility index (Phi) is 6.30. The van der Waals surface area contributed by atoms with Crippen molar-refractivity contribution in [2.45, 2.75) is 32.7 Å². The van der Waals surface area contributed by atoms with Crippen LogP contribution in [0.1, 0.15) is 38.3 Å². The Hall–Kier alpha value is -3.22. The summed E-state index contributed by atoms with van der Waals surface area (Å²) >= 11 is 0. The van der Waals surface area contributed by atoms with Gasteiger partial charge in [-0.15, -0.1) is 0 Å². The SMILES string of the molecule is CCOc1ccc(C(C)NC(=O)C2CCN(c3nc4ccccc4o3)CC2)cc1OC. The minimum atomic E-state index is -0.118. The minimum Gasteiger partial charge on any atom is -0.493 e. The molecule has 7 heteroatoms. The molecule has 1 aromatic heterocycles. The number of piperidine rings is 1. The van der Waals surface area contributed by atoms with Crippen LogP contribution in [0.15, 0.2) is 46.9 Å². The molecule has 1 atom stereocenters. The summed E-state index contributed by atoms with van der Waals surface area (Å²) in [6.07, 6.45) is 1.54. The number of carbonyl (C=O) groups excluding carboxylic acids is 1. The Labute approximate surface area is 182 Å². The number of amides is 1. The predicted molar refractivity (Wildman–Crippen MR) is 120 cm³/mol. The molecule has 1 saturated heterocycles. The lowest BCUT2D eigenvalue weighted by Crippen LogP contribution is -2.41. The molecule has 0 spiro atoms. The molecule has 0 aliphatic carbocycles. The first-order valence-corrected chi connectivity index (χ1v) is 10.8. The van der Waals surface area contributed by atoms with Crippen LogP contribution < -0.4 is 19.7 Å². The number of nitrogens with zero attached hydrogens (tertiary/aromatic N) is 2. The third-order valence-electron chi connectivity index (χ3n) is 5.77. The smallest absolute Gasteiger partial charge is 0.298 e. The molecule has 3 aromatic rings. The average Bonchev–Trinajstić information content (AvgIpc) is 3.24. The number of carbonyl (C=O) groups is 1. The van der Waals surface area contributed by atoms with Gasteiger partial charge in [0.2, 0.25) is 5.91 Å². The van der Waals surface area contributed by atoms with Gasteiger partial charge in [0.25, 0.3) is 6.01 Å². The highest BCUT2D eigenvalue weighted by Crippen LogP contribution is 2.31. The summed E-state index contributed by atoms with van der Waals surface area (Å²) in [6, 6.07) is 14.0. The highest BCUT2D eigenvalue weighted by atomic mass is 16.5. The molecule has 1 aliphatic heterocycles. The van der Waals surface area contributed by atoms with Crippen LogP contribution in [0, 0.1) is 5.92 Å². The highest BCUT2D eigenvalue weighted by Gasteiger charge is 2.28. The van der Waals surface area contributed by atoms with Gasteiger partial charge in [-0.1, -0.05) is 18.2 Å². The van der Waals surface area contributed by atoms with Crippen molar-refractivity contribution in [2.75, 3.05) is 31.7 Å². The largest absolute Gasteiger partial charge is 0.493 e. The summed E-state index contributed by atoms with van der Waals surface area (Å²) in [4.78, 5) is 19.5. The number of anilines is 1. The molecule has 4 rings (SSSR count). The summed E-state index contributed by atoms with van der Waals surface area (Å²) in [5.41, 5.74) is 2.63. The van der Waals surface area contributed by atoms with E-state index in [2.05, 4.69) is 15.2 Å². The van der Waals surface area contributed by atoms with Crippen molar-refractivity contribution in [1.29, 1.82) is 0 Å². The Morgan fingerprint density at radius 1 is 1.23 bits per heavy atom. The molecule has 1 amide bonds. The zero-order chi connectivity index (χ0) is 21.8. The van der Waals surface area contributed by atoms with Crippen LogP contribution in [-0.2, 0) is 4.79 Å². The molecule has 2 heterocycles. The van der Waals surface area contributed by atoms with Gasteiger partial charge in [0.15, 0.2) is 17.1 Å². The zero-order valence-electron chi connectivity index (χ0n) is 18.3. The second-order valence-electron chi connectivity index (χ2n) is 7.80. The summed E-state index contributed by atoms with van der Waals surface area (Å²) in [5, 5.41) is 3.15. The van der Waals surface area contributed by atoms with Gasteiger partial charge in [0.1, 0.15) is 5.52 Å². The first kappa shape index (κ1) is 21.0. The van der Waals surface area contributed by atoms with E-state index in [1.165, 1.54) is 0 Å².